The van der Waals surface area contributed by atoms with Crippen molar-refractivity contribution >= 4 is 11.7 Å². The molecule has 1 unspecified atom stereocenters. The molecule has 1 aromatic rings. The molecular weight excluding hydrogens is 194 g/mol. The molecule has 1 N–H and O–H groups in total. The van der Waals surface area contributed by atoms with Gasteiger partial charge < -0.3 is 0 Å². The van der Waals surface area contributed by atoms with Crippen LogP contribution in [0.15, 0.2) is 16.9 Å². The molecule has 1 aromatic heterocycles. The van der Waals surface area contributed by atoms with Gasteiger partial charge in [0.2, 0.25) is 5.91 Å². The van der Waals surface area contributed by atoms with Gasteiger partial charge in [-0.2, -0.15) is 5.10 Å². The van der Waals surface area contributed by atoms with Crippen LogP contribution in [0, 0.1) is 0 Å². The fourth-order valence-corrected chi connectivity index (χ4v) is 1.35. The van der Waals surface area contributed by atoms with Crippen molar-refractivity contribution in [3.05, 3.63) is 22.5 Å². The van der Waals surface area contributed by atoms with Crippen molar-refractivity contribution in [3.63, 3.8) is 0 Å². The molecule has 0 aliphatic heterocycles. The van der Waals surface area contributed by atoms with Crippen LogP contribution in [0.3, 0.4) is 0 Å². The number of hydrogen-bond donors (Lipinski definition) is 1. The second-order valence-electron chi connectivity index (χ2n) is 3.43. The molecule has 1 atom stereocenters. The molecule has 0 radical (unpaired) electrons. The molecule has 0 spiro atoms. The van der Waals surface area contributed by atoms with Gasteiger partial charge in [-0.05, 0) is 19.4 Å². The Kier molecular flexibility index (Phi) is 3.60. The normalized spacial score (nSPS) is 12.2. The molecular formula is C10H15N3O2. The van der Waals surface area contributed by atoms with Crippen LogP contribution >= 0.6 is 0 Å². The number of amides is 1. The van der Waals surface area contributed by atoms with E-state index >= 15 is 0 Å². The number of H-pyrrole nitrogens is 1. The summed E-state index contributed by atoms with van der Waals surface area (Å²) in [7, 11) is 0. The van der Waals surface area contributed by atoms with Gasteiger partial charge in [-0.25, -0.2) is 5.10 Å². The van der Waals surface area contributed by atoms with E-state index in [1.807, 2.05) is 13.8 Å². The summed E-state index contributed by atoms with van der Waals surface area (Å²) in [5.41, 5.74) is -0.272. The highest BCUT2D eigenvalue weighted by Crippen LogP contribution is 2.13. The van der Waals surface area contributed by atoms with Gasteiger partial charge in [-0.3, -0.25) is 14.5 Å². The molecule has 82 valence electrons. The maximum atomic E-state index is 11.4. The minimum absolute atomic E-state index is 0.0703. The highest BCUT2D eigenvalue weighted by molar-refractivity contribution is 5.90. The fraction of sp³-hybridized carbons (Fsp3) is 0.500. The first-order valence-electron chi connectivity index (χ1n) is 4.91. The molecule has 15 heavy (non-hydrogen) atoms. The number of carbonyl (C=O) groups excluding carboxylic acids is 1. The molecule has 5 nitrogen and oxygen atoms in total. The van der Waals surface area contributed by atoms with E-state index < -0.39 is 0 Å². The molecule has 0 saturated heterocycles. The zero-order valence-electron chi connectivity index (χ0n) is 9.15. The van der Waals surface area contributed by atoms with Crippen LogP contribution in [0.1, 0.15) is 27.2 Å². The fourth-order valence-electron chi connectivity index (χ4n) is 1.35. The third-order valence-corrected chi connectivity index (χ3v) is 2.28. The van der Waals surface area contributed by atoms with Crippen molar-refractivity contribution in [1.82, 2.24) is 10.2 Å². The molecule has 1 heterocycles. The third-order valence-electron chi connectivity index (χ3n) is 2.28. The predicted molar refractivity (Wildman–Crippen MR) is 57.8 cm³/mol. The smallest absolute Gasteiger partial charge is 0.264 e. The summed E-state index contributed by atoms with van der Waals surface area (Å²) in [6, 6.07) is 2.98. The Labute approximate surface area is 88.1 Å². The summed E-state index contributed by atoms with van der Waals surface area (Å²) in [6.45, 7) is 5.42. The Balaban J connectivity index is 3.04. The molecule has 5 heteroatoms. The molecule has 0 saturated carbocycles. The summed E-state index contributed by atoms with van der Waals surface area (Å²) in [4.78, 5) is 23.8. The molecule has 0 aliphatic rings. The molecule has 1 rings (SSSR count). The van der Waals surface area contributed by atoms with Crippen LogP contribution in [0.5, 0.6) is 0 Å². The number of anilines is 1. The Bertz CT molecular complexity index is 379. The second-order valence-corrected chi connectivity index (χ2v) is 3.43. The zero-order chi connectivity index (χ0) is 11.4. The van der Waals surface area contributed by atoms with Gasteiger partial charge >= 0.3 is 0 Å². The van der Waals surface area contributed by atoms with E-state index in [1.54, 1.807) is 11.0 Å². The number of hydrogen-bond acceptors (Lipinski definition) is 3. The van der Waals surface area contributed by atoms with E-state index in [4.69, 9.17) is 0 Å². The minimum Gasteiger partial charge on any atom is -0.293 e. The first-order valence-corrected chi connectivity index (χ1v) is 4.91. The highest BCUT2D eigenvalue weighted by Gasteiger charge is 2.18. The highest BCUT2D eigenvalue weighted by atomic mass is 16.2. The minimum atomic E-state index is -0.272. The summed E-state index contributed by atoms with van der Waals surface area (Å²) in [5.74, 6) is 0.403. The number of carbonyl (C=O) groups is 1. The number of aromatic nitrogens is 2. The van der Waals surface area contributed by atoms with Crippen LogP contribution in [-0.4, -0.2) is 22.1 Å². The largest absolute Gasteiger partial charge is 0.293 e. The maximum absolute atomic E-state index is 11.4. The van der Waals surface area contributed by atoms with Gasteiger partial charge in [0.15, 0.2) is 5.82 Å². The lowest BCUT2D eigenvalue weighted by Gasteiger charge is -2.25. The van der Waals surface area contributed by atoms with E-state index in [-0.39, 0.29) is 17.5 Å². The van der Waals surface area contributed by atoms with Gasteiger partial charge in [0.1, 0.15) is 0 Å². The average Bonchev–Trinajstić information content (AvgIpc) is 2.20. The van der Waals surface area contributed by atoms with Gasteiger partial charge in [0.25, 0.3) is 5.56 Å². The molecule has 0 aromatic carbocycles. The SMILES string of the molecule is CCC(C)N(C(C)=O)c1ccc(=O)[nH]n1. The van der Waals surface area contributed by atoms with Crippen LogP contribution in [0.2, 0.25) is 0 Å². The zero-order valence-corrected chi connectivity index (χ0v) is 9.15. The lowest BCUT2D eigenvalue weighted by molar-refractivity contribution is -0.117. The Morgan fingerprint density at radius 2 is 2.27 bits per heavy atom. The van der Waals surface area contributed by atoms with Crippen molar-refractivity contribution < 1.29 is 4.79 Å². The first kappa shape index (κ1) is 11.4. The predicted octanol–water partition coefficient (Wildman–Crippen LogP) is 0.921. The first-order chi connectivity index (χ1) is 7.06. The van der Waals surface area contributed by atoms with Crippen molar-refractivity contribution in [3.8, 4) is 0 Å². The summed E-state index contributed by atoms with van der Waals surface area (Å²) in [6.07, 6.45) is 0.834. The van der Waals surface area contributed by atoms with E-state index in [9.17, 15) is 9.59 Å². The summed E-state index contributed by atoms with van der Waals surface area (Å²) >= 11 is 0. The third kappa shape index (κ3) is 2.65. The maximum Gasteiger partial charge on any atom is 0.264 e. The van der Waals surface area contributed by atoms with Gasteiger partial charge in [-0.15, -0.1) is 0 Å². The van der Waals surface area contributed by atoms with E-state index in [0.717, 1.165) is 6.42 Å². The van der Waals surface area contributed by atoms with Crippen LogP contribution in [-0.2, 0) is 4.79 Å². The lowest BCUT2D eigenvalue weighted by Crippen LogP contribution is -2.37. The summed E-state index contributed by atoms with van der Waals surface area (Å²) < 4.78 is 0. The van der Waals surface area contributed by atoms with E-state index in [1.165, 1.54) is 13.0 Å². The average molecular weight is 209 g/mol. The van der Waals surface area contributed by atoms with Crippen molar-refractivity contribution in [2.24, 2.45) is 0 Å². The lowest BCUT2D eigenvalue weighted by atomic mass is 10.2. The Morgan fingerprint density at radius 3 is 2.67 bits per heavy atom. The number of nitrogens with zero attached hydrogens (tertiary/aromatic N) is 2. The standard InChI is InChI=1S/C10H15N3O2/c1-4-7(2)13(8(3)14)9-5-6-10(15)12-11-9/h5-7H,4H2,1-3H3,(H,12,15). The van der Waals surface area contributed by atoms with Gasteiger partial charge in [-0.1, -0.05) is 6.92 Å². The van der Waals surface area contributed by atoms with E-state index in [2.05, 4.69) is 10.2 Å². The molecule has 0 bridgehead atoms. The van der Waals surface area contributed by atoms with E-state index in [0.29, 0.717) is 5.82 Å². The van der Waals surface area contributed by atoms with Crippen molar-refractivity contribution in [2.75, 3.05) is 4.90 Å². The second kappa shape index (κ2) is 4.72. The Morgan fingerprint density at radius 1 is 1.60 bits per heavy atom. The van der Waals surface area contributed by atoms with Crippen LogP contribution < -0.4 is 10.5 Å². The number of rotatable bonds is 3. The quantitative estimate of drug-likeness (QED) is 0.805. The van der Waals surface area contributed by atoms with Gasteiger partial charge in [0, 0.05) is 19.0 Å². The van der Waals surface area contributed by atoms with Crippen molar-refractivity contribution in [1.29, 1.82) is 0 Å². The van der Waals surface area contributed by atoms with Crippen LogP contribution in [0.25, 0.3) is 0 Å². The topological polar surface area (TPSA) is 66.1 Å². The van der Waals surface area contributed by atoms with Gasteiger partial charge in [0.05, 0.1) is 0 Å². The summed E-state index contributed by atoms with van der Waals surface area (Å²) in [5, 5.41) is 6.15. The molecule has 0 aliphatic carbocycles. The molecule has 0 fully saturated rings. The Hall–Kier alpha value is -1.65. The number of nitrogens with one attached hydrogen (secondary N) is 1. The molecule has 1 amide bonds. The monoisotopic (exact) mass is 209 g/mol. The van der Waals surface area contributed by atoms with Crippen LogP contribution in [0.4, 0.5) is 5.82 Å². The number of aromatic amines is 1. The van der Waals surface area contributed by atoms with Crippen molar-refractivity contribution in [2.45, 2.75) is 33.2 Å².